The molecule has 0 aliphatic carbocycles. The molecule has 1 aromatic carbocycles. The molecule has 18 heavy (non-hydrogen) atoms. The minimum Gasteiger partial charge on any atom is -0.312 e. The number of likely N-dealkylation sites (N-methyl/N-ethyl adjacent to an activating group) is 1. The molecule has 0 aromatic heterocycles. The third-order valence-corrected chi connectivity index (χ3v) is 4.04. The first-order chi connectivity index (χ1) is 8.70. The van der Waals surface area contributed by atoms with Crippen LogP contribution in [0.15, 0.2) is 18.2 Å². The van der Waals surface area contributed by atoms with Crippen molar-refractivity contribution in [3.63, 3.8) is 0 Å². The molecule has 1 aliphatic rings. The van der Waals surface area contributed by atoms with Crippen LogP contribution in [0.3, 0.4) is 0 Å². The quantitative estimate of drug-likeness (QED) is 0.878. The summed E-state index contributed by atoms with van der Waals surface area (Å²) in [5.74, 6) is 0. The summed E-state index contributed by atoms with van der Waals surface area (Å²) in [5.41, 5.74) is 4.21. The maximum atomic E-state index is 3.48. The van der Waals surface area contributed by atoms with Crippen LogP contribution in [0.1, 0.15) is 42.0 Å². The molecule has 0 radical (unpaired) electrons. The van der Waals surface area contributed by atoms with Gasteiger partial charge in [-0.25, -0.2) is 0 Å². The Bertz CT molecular complexity index is 381. The Balaban J connectivity index is 2.07. The molecule has 2 nitrogen and oxygen atoms in total. The number of nitrogens with one attached hydrogen (secondary N) is 1. The highest BCUT2D eigenvalue weighted by molar-refractivity contribution is 5.33. The molecule has 0 unspecified atom stereocenters. The topological polar surface area (TPSA) is 15.3 Å². The number of rotatable bonds is 4. The van der Waals surface area contributed by atoms with E-state index in [0.717, 1.165) is 6.54 Å². The molecular weight excluding hydrogens is 220 g/mol. The monoisotopic (exact) mass is 246 g/mol. The first-order valence-electron chi connectivity index (χ1n) is 7.17. The highest BCUT2D eigenvalue weighted by atomic mass is 15.1. The molecule has 2 rings (SSSR count). The van der Waals surface area contributed by atoms with Crippen molar-refractivity contribution in [3.05, 3.63) is 34.9 Å². The lowest BCUT2D eigenvalue weighted by molar-refractivity contribution is 0.208. The van der Waals surface area contributed by atoms with Crippen molar-refractivity contribution < 1.29 is 0 Å². The van der Waals surface area contributed by atoms with E-state index in [1.165, 1.54) is 49.0 Å². The van der Waals surface area contributed by atoms with Gasteiger partial charge in [0.2, 0.25) is 0 Å². The summed E-state index contributed by atoms with van der Waals surface area (Å²) < 4.78 is 0. The fourth-order valence-corrected chi connectivity index (χ4v) is 2.96. The molecule has 1 saturated heterocycles. The molecule has 1 N–H and O–H groups in total. The summed E-state index contributed by atoms with van der Waals surface area (Å²) in [4.78, 5) is 2.60. The molecule has 1 heterocycles. The number of hydrogen-bond acceptors (Lipinski definition) is 2. The van der Waals surface area contributed by atoms with Crippen LogP contribution in [-0.4, -0.2) is 31.6 Å². The van der Waals surface area contributed by atoms with Crippen molar-refractivity contribution in [2.45, 2.75) is 39.2 Å². The second-order valence-corrected chi connectivity index (χ2v) is 5.56. The van der Waals surface area contributed by atoms with Gasteiger partial charge in [0.15, 0.2) is 0 Å². The minimum atomic E-state index is 0.462. The number of hydrogen-bond donors (Lipinski definition) is 1. The van der Waals surface area contributed by atoms with Gasteiger partial charge in [-0.3, -0.25) is 0 Å². The van der Waals surface area contributed by atoms with E-state index in [1.54, 1.807) is 0 Å². The summed E-state index contributed by atoms with van der Waals surface area (Å²) in [7, 11) is 2.08. The van der Waals surface area contributed by atoms with Crippen molar-refractivity contribution >= 4 is 0 Å². The standard InChI is InChI=1S/C16H26N2/c1-13-7-8-15(14(2)11-13)16(17-3)12-18-9-5-4-6-10-18/h7-8,11,16-17H,4-6,9-10,12H2,1-3H3/t16-/m0/s1. The number of benzene rings is 1. The zero-order valence-corrected chi connectivity index (χ0v) is 12.0. The third-order valence-electron chi connectivity index (χ3n) is 4.04. The number of piperidine rings is 1. The first-order valence-corrected chi connectivity index (χ1v) is 7.17. The Morgan fingerprint density at radius 1 is 1.17 bits per heavy atom. The van der Waals surface area contributed by atoms with Gasteiger partial charge in [0.1, 0.15) is 0 Å². The van der Waals surface area contributed by atoms with Crippen LogP contribution in [0.5, 0.6) is 0 Å². The summed E-state index contributed by atoms with van der Waals surface area (Å²) in [6.07, 6.45) is 4.14. The highest BCUT2D eigenvalue weighted by Crippen LogP contribution is 2.21. The van der Waals surface area contributed by atoms with E-state index in [-0.39, 0.29) is 0 Å². The highest BCUT2D eigenvalue weighted by Gasteiger charge is 2.17. The minimum absolute atomic E-state index is 0.462. The average Bonchev–Trinajstić information content (AvgIpc) is 2.38. The molecule has 1 fully saturated rings. The Morgan fingerprint density at radius 3 is 2.50 bits per heavy atom. The predicted octanol–water partition coefficient (Wildman–Crippen LogP) is 3.05. The second kappa shape index (κ2) is 6.35. The molecule has 0 bridgehead atoms. The molecule has 0 saturated carbocycles. The fourth-order valence-electron chi connectivity index (χ4n) is 2.96. The molecule has 0 spiro atoms. The van der Waals surface area contributed by atoms with Crippen LogP contribution >= 0.6 is 0 Å². The van der Waals surface area contributed by atoms with Crippen molar-refractivity contribution in [1.82, 2.24) is 10.2 Å². The number of likely N-dealkylation sites (tertiary alicyclic amines) is 1. The smallest absolute Gasteiger partial charge is 0.0449 e. The van der Waals surface area contributed by atoms with Gasteiger partial charge in [-0.1, -0.05) is 30.2 Å². The Morgan fingerprint density at radius 2 is 1.89 bits per heavy atom. The molecular formula is C16H26N2. The molecule has 1 aliphatic heterocycles. The van der Waals surface area contributed by atoms with Gasteiger partial charge in [-0.05, 0) is 58.0 Å². The maximum Gasteiger partial charge on any atom is 0.0449 e. The Hall–Kier alpha value is -0.860. The van der Waals surface area contributed by atoms with Crippen LogP contribution in [0.4, 0.5) is 0 Å². The zero-order valence-electron chi connectivity index (χ0n) is 12.0. The van der Waals surface area contributed by atoms with E-state index in [1.807, 2.05) is 0 Å². The van der Waals surface area contributed by atoms with Gasteiger partial charge < -0.3 is 10.2 Å². The van der Waals surface area contributed by atoms with Crippen molar-refractivity contribution in [1.29, 1.82) is 0 Å². The van der Waals surface area contributed by atoms with Crippen LogP contribution in [0, 0.1) is 13.8 Å². The first kappa shape index (κ1) is 13.6. The normalized spacial score (nSPS) is 18.8. The zero-order chi connectivity index (χ0) is 13.0. The average molecular weight is 246 g/mol. The molecule has 100 valence electrons. The van der Waals surface area contributed by atoms with Gasteiger partial charge in [0.05, 0.1) is 0 Å². The molecule has 1 aromatic rings. The summed E-state index contributed by atoms with van der Waals surface area (Å²) in [5, 5.41) is 3.48. The SMILES string of the molecule is CN[C@@H](CN1CCCCC1)c1ccc(C)cc1C. The predicted molar refractivity (Wildman–Crippen MR) is 78.0 cm³/mol. The lowest BCUT2D eigenvalue weighted by atomic mass is 9.98. The Labute approximate surface area is 111 Å². The summed E-state index contributed by atoms with van der Waals surface area (Å²) in [6, 6.07) is 7.26. The molecule has 2 heteroatoms. The van der Waals surface area contributed by atoms with E-state index in [0.29, 0.717) is 6.04 Å². The van der Waals surface area contributed by atoms with Crippen LogP contribution in [0.2, 0.25) is 0 Å². The van der Waals surface area contributed by atoms with E-state index in [4.69, 9.17) is 0 Å². The van der Waals surface area contributed by atoms with E-state index in [2.05, 4.69) is 49.3 Å². The van der Waals surface area contributed by atoms with Crippen molar-refractivity contribution in [3.8, 4) is 0 Å². The second-order valence-electron chi connectivity index (χ2n) is 5.56. The van der Waals surface area contributed by atoms with Crippen LogP contribution in [-0.2, 0) is 0 Å². The van der Waals surface area contributed by atoms with Crippen LogP contribution < -0.4 is 5.32 Å². The lowest BCUT2D eigenvalue weighted by Gasteiger charge is -2.31. The lowest BCUT2D eigenvalue weighted by Crippen LogP contribution is -2.37. The third kappa shape index (κ3) is 3.33. The number of aryl methyl sites for hydroxylation is 2. The largest absolute Gasteiger partial charge is 0.312 e. The number of nitrogens with zero attached hydrogens (tertiary/aromatic N) is 1. The van der Waals surface area contributed by atoms with Crippen molar-refractivity contribution in [2.24, 2.45) is 0 Å². The van der Waals surface area contributed by atoms with Crippen LogP contribution in [0.25, 0.3) is 0 Å². The van der Waals surface area contributed by atoms with Gasteiger partial charge >= 0.3 is 0 Å². The summed E-state index contributed by atoms with van der Waals surface area (Å²) >= 11 is 0. The summed E-state index contributed by atoms with van der Waals surface area (Å²) in [6.45, 7) is 8.06. The maximum absolute atomic E-state index is 3.48. The van der Waals surface area contributed by atoms with E-state index in [9.17, 15) is 0 Å². The van der Waals surface area contributed by atoms with Gasteiger partial charge in [-0.15, -0.1) is 0 Å². The van der Waals surface area contributed by atoms with E-state index < -0.39 is 0 Å². The Kier molecular flexibility index (Phi) is 4.79. The fraction of sp³-hybridized carbons (Fsp3) is 0.625. The van der Waals surface area contributed by atoms with E-state index >= 15 is 0 Å². The molecule has 0 amide bonds. The molecule has 1 atom stereocenters. The van der Waals surface area contributed by atoms with Crippen molar-refractivity contribution in [2.75, 3.05) is 26.7 Å². The van der Waals surface area contributed by atoms with Gasteiger partial charge in [0.25, 0.3) is 0 Å². The van der Waals surface area contributed by atoms with Gasteiger partial charge in [-0.2, -0.15) is 0 Å². The van der Waals surface area contributed by atoms with Gasteiger partial charge in [0, 0.05) is 12.6 Å².